The first-order valence-corrected chi connectivity index (χ1v) is 5.20. The molecule has 18 heavy (non-hydrogen) atoms. The molecule has 0 aliphatic carbocycles. The summed E-state index contributed by atoms with van der Waals surface area (Å²) >= 11 is 0. The Labute approximate surface area is 101 Å². The lowest BCUT2D eigenvalue weighted by Crippen LogP contribution is -2.14. The molecule has 0 radical (unpaired) electrons. The van der Waals surface area contributed by atoms with Gasteiger partial charge in [-0.3, -0.25) is 4.68 Å². The summed E-state index contributed by atoms with van der Waals surface area (Å²) in [6, 6.07) is 0. The molecule has 0 spiro atoms. The lowest BCUT2D eigenvalue weighted by Gasteiger charge is -2.05. The maximum absolute atomic E-state index is 12.7. The maximum atomic E-state index is 12.7. The highest BCUT2D eigenvalue weighted by molar-refractivity contribution is 5.90. The van der Waals surface area contributed by atoms with Gasteiger partial charge < -0.3 is 9.47 Å². The highest BCUT2D eigenvalue weighted by atomic mass is 19.4. The minimum Gasteiger partial charge on any atom is -0.462 e. The van der Waals surface area contributed by atoms with E-state index in [4.69, 9.17) is 4.74 Å². The Morgan fingerprint density at radius 3 is 2.67 bits per heavy atom. The molecule has 0 saturated heterocycles. The Morgan fingerprint density at radius 1 is 1.50 bits per heavy atom. The first kappa shape index (κ1) is 14.5. The molecule has 1 rings (SSSR count). The summed E-state index contributed by atoms with van der Waals surface area (Å²) in [4.78, 5) is 11.4. The van der Waals surface area contributed by atoms with Crippen molar-refractivity contribution in [2.75, 3.05) is 20.3 Å². The SMILES string of the molecule is CCOC(=O)c1cn(CCOC)nc1C(F)(F)F. The summed E-state index contributed by atoms with van der Waals surface area (Å²) < 4.78 is 48.3. The van der Waals surface area contributed by atoms with Gasteiger partial charge in [0.25, 0.3) is 0 Å². The second-order valence-corrected chi connectivity index (χ2v) is 3.37. The van der Waals surface area contributed by atoms with Gasteiger partial charge in [-0.25, -0.2) is 4.79 Å². The lowest BCUT2D eigenvalue weighted by molar-refractivity contribution is -0.142. The first-order chi connectivity index (χ1) is 8.40. The van der Waals surface area contributed by atoms with Gasteiger partial charge in [0.2, 0.25) is 0 Å². The quantitative estimate of drug-likeness (QED) is 0.761. The van der Waals surface area contributed by atoms with E-state index in [0.717, 1.165) is 10.9 Å². The molecule has 102 valence electrons. The van der Waals surface area contributed by atoms with Crippen molar-refractivity contribution < 1.29 is 27.4 Å². The molecule has 0 N–H and O–H groups in total. The third-order valence-corrected chi connectivity index (χ3v) is 2.05. The molecule has 8 heteroatoms. The van der Waals surface area contributed by atoms with Crippen LogP contribution in [-0.2, 0) is 22.2 Å². The Bertz CT molecular complexity index is 415. The molecule has 5 nitrogen and oxygen atoms in total. The largest absolute Gasteiger partial charge is 0.462 e. The molecule has 0 aromatic carbocycles. The number of nitrogens with zero attached hydrogens (tertiary/aromatic N) is 2. The number of rotatable bonds is 5. The van der Waals surface area contributed by atoms with Crippen LogP contribution >= 0.6 is 0 Å². The van der Waals surface area contributed by atoms with Crippen molar-refractivity contribution in [3.8, 4) is 0 Å². The molecule has 1 aromatic rings. The zero-order valence-corrected chi connectivity index (χ0v) is 9.95. The topological polar surface area (TPSA) is 53.4 Å². The molecule has 0 bridgehead atoms. The van der Waals surface area contributed by atoms with Crippen molar-refractivity contribution in [2.24, 2.45) is 0 Å². The third kappa shape index (κ3) is 3.46. The number of carbonyl (C=O) groups excluding carboxylic acids is 1. The molecule has 0 amide bonds. The summed E-state index contributed by atoms with van der Waals surface area (Å²) in [7, 11) is 1.42. The number of ether oxygens (including phenoxy) is 2. The van der Waals surface area contributed by atoms with Gasteiger partial charge in [0.1, 0.15) is 5.56 Å². The highest BCUT2D eigenvalue weighted by Crippen LogP contribution is 2.31. The maximum Gasteiger partial charge on any atom is 0.436 e. The van der Waals surface area contributed by atoms with Crippen LogP contribution in [0.25, 0.3) is 0 Å². The zero-order chi connectivity index (χ0) is 13.8. The van der Waals surface area contributed by atoms with Gasteiger partial charge >= 0.3 is 12.1 Å². The fourth-order valence-corrected chi connectivity index (χ4v) is 1.29. The van der Waals surface area contributed by atoms with E-state index < -0.39 is 23.4 Å². The second-order valence-electron chi connectivity index (χ2n) is 3.37. The van der Waals surface area contributed by atoms with Gasteiger partial charge in [-0.05, 0) is 6.92 Å². The molecule has 0 unspecified atom stereocenters. The predicted molar refractivity (Wildman–Crippen MR) is 55.1 cm³/mol. The molecular weight excluding hydrogens is 253 g/mol. The molecule has 1 aromatic heterocycles. The summed E-state index contributed by atoms with van der Waals surface area (Å²) in [5, 5.41) is 3.33. The van der Waals surface area contributed by atoms with Crippen molar-refractivity contribution in [1.29, 1.82) is 0 Å². The molecule has 0 aliphatic rings. The van der Waals surface area contributed by atoms with Crippen molar-refractivity contribution >= 4 is 5.97 Å². The van der Waals surface area contributed by atoms with Crippen LogP contribution in [0.1, 0.15) is 23.0 Å². The third-order valence-electron chi connectivity index (χ3n) is 2.05. The lowest BCUT2D eigenvalue weighted by atomic mass is 10.2. The average Bonchev–Trinajstić information content (AvgIpc) is 2.70. The summed E-state index contributed by atoms with van der Waals surface area (Å²) in [5.41, 5.74) is -1.82. The van der Waals surface area contributed by atoms with Gasteiger partial charge in [0, 0.05) is 13.3 Å². The molecule has 0 fully saturated rings. The number of carbonyl (C=O) groups is 1. The van der Waals surface area contributed by atoms with Crippen molar-refractivity contribution in [2.45, 2.75) is 19.6 Å². The first-order valence-electron chi connectivity index (χ1n) is 5.20. The number of esters is 1. The van der Waals surface area contributed by atoms with E-state index in [1.54, 1.807) is 0 Å². The van der Waals surface area contributed by atoms with Crippen molar-refractivity contribution in [1.82, 2.24) is 9.78 Å². The number of halogens is 3. The molecular formula is C10H13F3N2O3. The predicted octanol–water partition coefficient (Wildman–Crippen LogP) is 1.72. The summed E-state index contributed by atoms with van der Waals surface area (Å²) in [5.74, 6) is -1.03. The minimum atomic E-state index is -4.69. The molecule has 1 heterocycles. The van der Waals surface area contributed by atoms with Gasteiger partial charge in [-0.1, -0.05) is 0 Å². The monoisotopic (exact) mass is 266 g/mol. The summed E-state index contributed by atoms with van der Waals surface area (Å²) in [6.45, 7) is 1.83. The van der Waals surface area contributed by atoms with E-state index in [9.17, 15) is 18.0 Å². The Hall–Kier alpha value is -1.57. The van der Waals surface area contributed by atoms with Crippen LogP contribution in [0.15, 0.2) is 6.20 Å². The standard InChI is InChI=1S/C10H13F3N2O3/c1-3-18-9(16)7-6-15(4-5-17-2)14-8(7)10(11,12)13/h6H,3-5H2,1-2H3. The van der Waals surface area contributed by atoms with Crippen LogP contribution < -0.4 is 0 Å². The van der Waals surface area contributed by atoms with E-state index >= 15 is 0 Å². The number of methoxy groups -OCH3 is 1. The van der Waals surface area contributed by atoms with E-state index in [0.29, 0.717) is 0 Å². The smallest absolute Gasteiger partial charge is 0.436 e. The Morgan fingerprint density at radius 2 is 2.17 bits per heavy atom. The molecule has 0 atom stereocenters. The van der Waals surface area contributed by atoms with Crippen LogP contribution in [0.3, 0.4) is 0 Å². The van der Waals surface area contributed by atoms with E-state index in [-0.39, 0.29) is 19.8 Å². The summed E-state index contributed by atoms with van der Waals surface area (Å²) in [6.07, 6.45) is -3.68. The van der Waals surface area contributed by atoms with Crippen LogP contribution in [0.5, 0.6) is 0 Å². The van der Waals surface area contributed by atoms with Crippen LogP contribution in [0.4, 0.5) is 13.2 Å². The van der Waals surface area contributed by atoms with Gasteiger partial charge in [-0.2, -0.15) is 18.3 Å². The normalized spacial score (nSPS) is 11.6. The van der Waals surface area contributed by atoms with Crippen LogP contribution in [0, 0.1) is 0 Å². The van der Waals surface area contributed by atoms with E-state index in [2.05, 4.69) is 9.84 Å². The Kier molecular flexibility index (Phi) is 4.71. The van der Waals surface area contributed by atoms with Crippen molar-refractivity contribution in [3.63, 3.8) is 0 Å². The van der Waals surface area contributed by atoms with E-state index in [1.165, 1.54) is 14.0 Å². The van der Waals surface area contributed by atoms with Crippen molar-refractivity contribution in [3.05, 3.63) is 17.5 Å². The Balaban J connectivity index is 3.05. The van der Waals surface area contributed by atoms with E-state index in [1.807, 2.05) is 0 Å². The highest BCUT2D eigenvalue weighted by Gasteiger charge is 2.39. The van der Waals surface area contributed by atoms with Gasteiger partial charge in [0.15, 0.2) is 5.69 Å². The fraction of sp³-hybridized carbons (Fsp3) is 0.600. The van der Waals surface area contributed by atoms with Crippen LogP contribution in [-0.4, -0.2) is 36.1 Å². The fourth-order valence-electron chi connectivity index (χ4n) is 1.29. The van der Waals surface area contributed by atoms with Gasteiger partial charge in [0.05, 0.1) is 19.8 Å². The number of aromatic nitrogens is 2. The number of hydrogen-bond donors (Lipinski definition) is 0. The zero-order valence-electron chi connectivity index (χ0n) is 9.95. The second kappa shape index (κ2) is 5.85. The van der Waals surface area contributed by atoms with Crippen LogP contribution in [0.2, 0.25) is 0 Å². The number of hydrogen-bond acceptors (Lipinski definition) is 4. The number of alkyl halides is 3. The van der Waals surface area contributed by atoms with Gasteiger partial charge in [-0.15, -0.1) is 0 Å². The average molecular weight is 266 g/mol. The minimum absolute atomic E-state index is 0.000614. The molecule has 0 aliphatic heterocycles. The molecule has 0 saturated carbocycles.